The quantitative estimate of drug-likeness (QED) is 0.707. The standard InChI is InChI=1S/C20H21ClN2O2S/c1-14-7-8-19-16(10-14)11-20(22-19)15-4-3-9-23(13-15)26(24,25)18-6-2-5-17(21)12-18/h2,5-8,10-12,15,22H,3-4,9,13H2,1H3. The van der Waals surface area contributed by atoms with E-state index < -0.39 is 10.0 Å². The number of nitrogens with zero attached hydrogens (tertiary/aromatic N) is 1. The Balaban J connectivity index is 1.62. The van der Waals surface area contributed by atoms with Gasteiger partial charge in [0, 0.05) is 35.2 Å². The largest absolute Gasteiger partial charge is 0.358 e. The lowest BCUT2D eigenvalue weighted by Crippen LogP contribution is -2.39. The zero-order chi connectivity index (χ0) is 18.3. The first kappa shape index (κ1) is 17.6. The summed E-state index contributed by atoms with van der Waals surface area (Å²) in [6.45, 7) is 3.11. The number of rotatable bonds is 3. The van der Waals surface area contributed by atoms with Gasteiger partial charge in [0.1, 0.15) is 0 Å². The van der Waals surface area contributed by atoms with Gasteiger partial charge in [0.15, 0.2) is 0 Å². The second-order valence-electron chi connectivity index (χ2n) is 6.97. The molecule has 6 heteroatoms. The van der Waals surface area contributed by atoms with Crippen LogP contribution in [-0.4, -0.2) is 30.8 Å². The van der Waals surface area contributed by atoms with E-state index in [1.807, 2.05) is 0 Å². The van der Waals surface area contributed by atoms with Crippen LogP contribution in [-0.2, 0) is 10.0 Å². The normalized spacial score (nSPS) is 19.1. The maximum absolute atomic E-state index is 13.0. The maximum Gasteiger partial charge on any atom is 0.243 e. The number of H-pyrrole nitrogens is 1. The molecule has 4 rings (SSSR count). The van der Waals surface area contributed by atoms with Crippen LogP contribution >= 0.6 is 11.6 Å². The molecule has 0 amide bonds. The molecule has 26 heavy (non-hydrogen) atoms. The average Bonchev–Trinajstić information content (AvgIpc) is 3.05. The summed E-state index contributed by atoms with van der Waals surface area (Å²) in [4.78, 5) is 3.73. The lowest BCUT2D eigenvalue weighted by molar-refractivity contribution is 0.313. The summed E-state index contributed by atoms with van der Waals surface area (Å²) in [5, 5.41) is 1.61. The molecule has 136 valence electrons. The molecule has 0 radical (unpaired) electrons. The topological polar surface area (TPSA) is 53.2 Å². The molecule has 2 aromatic carbocycles. The monoisotopic (exact) mass is 388 g/mol. The molecule has 1 aliphatic heterocycles. The van der Waals surface area contributed by atoms with Gasteiger partial charge in [-0.1, -0.05) is 29.3 Å². The van der Waals surface area contributed by atoms with Crippen molar-refractivity contribution in [2.24, 2.45) is 0 Å². The van der Waals surface area contributed by atoms with E-state index in [1.165, 1.54) is 17.0 Å². The fourth-order valence-electron chi connectivity index (χ4n) is 3.69. The van der Waals surface area contributed by atoms with Crippen LogP contribution in [0.4, 0.5) is 0 Å². The molecule has 0 spiro atoms. The van der Waals surface area contributed by atoms with E-state index in [0.29, 0.717) is 18.1 Å². The third-order valence-corrected chi connectivity index (χ3v) is 7.15. The van der Waals surface area contributed by atoms with Crippen LogP contribution in [0.5, 0.6) is 0 Å². The molecule has 1 aromatic heterocycles. The van der Waals surface area contributed by atoms with Gasteiger partial charge in [0.25, 0.3) is 0 Å². The van der Waals surface area contributed by atoms with Crippen molar-refractivity contribution in [1.82, 2.24) is 9.29 Å². The van der Waals surface area contributed by atoms with Crippen molar-refractivity contribution in [3.05, 3.63) is 64.8 Å². The molecule has 1 N–H and O–H groups in total. The van der Waals surface area contributed by atoms with Gasteiger partial charge >= 0.3 is 0 Å². The van der Waals surface area contributed by atoms with E-state index in [1.54, 1.807) is 22.5 Å². The second-order valence-corrected chi connectivity index (χ2v) is 9.35. The van der Waals surface area contributed by atoms with Crippen LogP contribution in [0.25, 0.3) is 10.9 Å². The predicted octanol–water partition coefficient (Wildman–Crippen LogP) is 4.70. The molecule has 1 unspecified atom stereocenters. The number of fused-ring (bicyclic) bond motifs is 1. The molecule has 1 aliphatic rings. The number of aromatic nitrogens is 1. The maximum atomic E-state index is 13.0. The second kappa shape index (κ2) is 6.72. The third kappa shape index (κ3) is 3.27. The fraction of sp³-hybridized carbons (Fsp3) is 0.300. The zero-order valence-electron chi connectivity index (χ0n) is 14.6. The molecular weight excluding hydrogens is 368 g/mol. The zero-order valence-corrected chi connectivity index (χ0v) is 16.1. The Morgan fingerprint density at radius 1 is 1.15 bits per heavy atom. The van der Waals surface area contributed by atoms with E-state index in [4.69, 9.17) is 11.6 Å². The molecule has 0 bridgehead atoms. The summed E-state index contributed by atoms with van der Waals surface area (Å²) in [6, 6.07) is 15.0. The van der Waals surface area contributed by atoms with Crippen LogP contribution in [0.3, 0.4) is 0 Å². The lowest BCUT2D eigenvalue weighted by atomic mass is 9.96. The van der Waals surface area contributed by atoms with Crippen molar-refractivity contribution < 1.29 is 8.42 Å². The molecule has 1 fully saturated rings. The Labute approximate surface area is 158 Å². The van der Waals surface area contributed by atoms with Crippen LogP contribution in [0.15, 0.2) is 53.4 Å². The number of sulfonamides is 1. The van der Waals surface area contributed by atoms with Gasteiger partial charge in [-0.2, -0.15) is 4.31 Å². The minimum atomic E-state index is -3.53. The molecule has 3 aromatic rings. The molecular formula is C20H21ClN2O2S. The van der Waals surface area contributed by atoms with Gasteiger partial charge in [-0.25, -0.2) is 8.42 Å². The van der Waals surface area contributed by atoms with Gasteiger partial charge in [0.05, 0.1) is 4.90 Å². The van der Waals surface area contributed by atoms with E-state index in [0.717, 1.165) is 24.1 Å². The lowest BCUT2D eigenvalue weighted by Gasteiger charge is -2.31. The van der Waals surface area contributed by atoms with Crippen LogP contribution in [0.2, 0.25) is 5.02 Å². The Hall–Kier alpha value is -1.82. The third-order valence-electron chi connectivity index (χ3n) is 5.05. The van der Waals surface area contributed by atoms with Crippen LogP contribution < -0.4 is 0 Å². The first-order valence-corrected chi connectivity index (χ1v) is 10.6. The minimum absolute atomic E-state index is 0.172. The average molecular weight is 389 g/mol. The van der Waals surface area contributed by atoms with Gasteiger partial charge in [-0.3, -0.25) is 0 Å². The minimum Gasteiger partial charge on any atom is -0.358 e. The Morgan fingerprint density at radius 2 is 2.00 bits per heavy atom. The van der Waals surface area contributed by atoms with Crippen LogP contribution in [0, 0.1) is 6.92 Å². The SMILES string of the molecule is Cc1ccc2[nH]c(C3CCCN(S(=O)(=O)c4cccc(Cl)c4)C3)cc2c1. The highest BCUT2D eigenvalue weighted by atomic mass is 35.5. The Bertz CT molecular complexity index is 1060. The van der Waals surface area contributed by atoms with Gasteiger partial charge < -0.3 is 4.98 Å². The number of halogens is 1. The number of piperidine rings is 1. The number of nitrogens with one attached hydrogen (secondary N) is 1. The highest BCUT2D eigenvalue weighted by Gasteiger charge is 2.31. The van der Waals surface area contributed by atoms with Crippen molar-refractivity contribution in [3.63, 3.8) is 0 Å². The molecule has 1 atom stereocenters. The Kier molecular flexibility index (Phi) is 4.55. The number of aryl methyl sites for hydroxylation is 1. The van der Waals surface area contributed by atoms with E-state index >= 15 is 0 Å². The number of benzene rings is 2. The van der Waals surface area contributed by atoms with Crippen LogP contribution in [0.1, 0.15) is 30.0 Å². The van der Waals surface area contributed by atoms with Crippen molar-refractivity contribution in [2.75, 3.05) is 13.1 Å². The molecule has 1 saturated heterocycles. The summed E-state index contributed by atoms with van der Waals surface area (Å²) in [7, 11) is -3.53. The van der Waals surface area contributed by atoms with Crippen molar-refractivity contribution >= 4 is 32.5 Å². The smallest absolute Gasteiger partial charge is 0.243 e. The summed E-state index contributed by atoms with van der Waals surface area (Å²) in [5.74, 6) is 0.172. The van der Waals surface area contributed by atoms with Gasteiger partial charge in [-0.05, 0) is 61.5 Å². The molecule has 4 nitrogen and oxygen atoms in total. The Morgan fingerprint density at radius 3 is 2.81 bits per heavy atom. The van der Waals surface area contributed by atoms with Gasteiger partial charge in [-0.15, -0.1) is 0 Å². The summed E-state index contributed by atoms with van der Waals surface area (Å²) in [5.41, 5.74) is 3.42. The number of aromatic amines is 1. The first-order valence-electron chi connectivity index (χ1n) is 8.78. The predicted molar refractivity (Wildman–Crippen MR) is 105 cm³/mol. The number of hydrogen-bond donors (Lipinski definition) is 1. The summed E-state index contributed by atoms with van der Waals surface area (Å²) >= 11 is 5.98. The van der Waals surface area contributed by atoms with Gasteiger partial charge in [0.2, 0.25) is 10.0 Å². The fourth-order valence-corrected chi connectivity index (χ4v) is 5.51. The first-order chi connectivity index (χ1) is 12.4. The van der Waals surface area contributed by atoms with E-state index in [-0.39, 0.29) is 10.8 Å². The molecule has 0 aliphatic carbocycles. The highest BCUT2D eigenvalue weighted by Crippen LogP contribution is 2.32. The van der Waals surface area contributed by atoms with Crippen molar-refractivity contribution in [2.45, 2.75) is 30.6 Å². The summed E-state index contributed by atoms with van der Waals surface area (Å²) < 4.78 is 27.6. The number of hydrogen-bond acceptors (Lipinski definition) is 2. The van der Waals surface area contributed by atoms with Crippen molar-refractivity contribution in [3.8, 4) is 0 Å². The summed E-state index contributed by atoms with van der Waals surface area (Å²) in [6.07, 6.45) is 1.83. The highest BCUT2D eigenvalue weighted by molar-refractivity contribution is 7.89. The van der Waals surface area contributed by atoms with Crippen molar-refractivity contribution in [1.29, 1.82) is 0 Å². The molecule has 2 heterocycles. The molecule has 0 saturated carbocycles. The van der Waals surface area contributed by atoms with E-state index in [9.17, 15) is 8.42 Å². The van der Waals surface area contributed by atoms with E-state index in [2.05, 4.69) is 36.2 Å².